The summed E-state index contributed by atoms with van der Waals surface area (Å²) >= 11 is 1.33. The van der Waals surface area contributed by atoms with Crippen molar-refractivity contribution in [1.82, 2.24) is 10.2 Å². The van der Waals surface area contributed by atoms with Crippen LogP contribution in [0.3, 0.4) is 0 Å². The van der Waals surface area contributed by atoms with E-state index < -0.39 is 0 Å². The summed E-state index contributed by atoms with van der Waals surface area (Å²) < 4.78 is 0. The summed E-state index contributed by atoms with van der Waals surface area (Å²) in [5.41, 5.74) is 3.83. The topological polar surface area (TPSA) is 75.2 Å². The van der Waals surface area contributed by atoms with Crippen LogP contribution < -0.4 is 10.2 Å². The molecule has 1 unspecified atom stereocenters. The molecule has 7 heteroatoms. The van der Waals surface area contributed by atoms with Crippen LogP contribution in [-0.4, -0.2) is 28.6 Å². The molecule has 0 saturated carbocycles. The Morgan fingerprint density at radius 3 is 2.55 bits per heavy atom. The van der Waals surface area contributed by atoms with E-state index in [1.54, 1.807) is 17.0 Å². The summed E-state index contributed by atoms with van der Waals surface area (Å²) in [6.07, 6.45) is 1.37. The number of benzene rings is 2. The van der Waals surface area contributed by atoms with Gasteiger partial charge in [-0.15, -0.1) is 10.2 Å². The minimum Gasteiger partial charge on any atom is -0.312 e. The van der Waals surface area contributed by atoms with Crippen LogP contribution in [0.1, 0.15) is 45.8 Å². The summed E-state index contributed by atoms with van der Waals surface area (Å²) in [5.74, 6) is -0.150. The first kappa shape index (κ1) is 19.3. The molecule has 2 heterocycles. The first-order valence-electron chi connectivity index (χ1n) is 9.64. The molecule has 1 saturated heterocycles. The summed E-state index contributed by atoms with van der Waals surface area (Å²) in [7, 11) is 0. The van der Waals surface area contributed by atoms with Gasteiger partial charge in [0.1, 0.15) is 5.01 Å². The maximum absolute atomic E-state index is 12.5. The fourth-order valence-electron chi connectivity index (χ4n) is 3.36. The van der Waals surface area contributed by atoms with E-state index in [-0.39, 0.29) is 17.7 Å². The molecule has 0 aliphatic carbocycles. The summed E-state index contributed by atoms with van der Waals surface area (Å²) in [6, 6.07) is 15.4. The quantitative estimate of drug-likeness (QED) is 0.690. The first-order chi connectivity index (χ1) is 14.0. The molecular formula is C22H22N4O2S. The third-order valence-corrected chi connectivity index (χ3v) is 6.11. The Bertz CT molecular complexity index is 1030. The molecule has 148 valence electrons. The molecule has 2 aromatic carbocycles. The molecule has 29 heavy (non-hydrogen) atoms. The Balaban J connectivity index is 1.43. The number of aryl methyl sites for hydroxylation is 2. The molecule has 3 aromatic rings. The normalized spacial score (nSPS) is 16.3. The maximum Gasteiger partial charge on any atom is 0.257 e. The zero-order valence-electron chi connectivity index (χ0n) is 16.4. The third-order valence-electron chi connectivity index (χ3n) is 5.11. The molecule has 1 N–H and O–H groups in total. The van der Waals surface area contributed by atoms with Gasteiger partial charge in [-0.25, -0.2) is 0 Å². The van der Waals surface area contributed by atoms with Crippen LogP contribution in [0.25, 0.3) is 0 Å². The van der Waals surface area contributed by atoms with Crippen molar-refractivity contribution >= 4 is 34.0 Å². The van der Waals surface area contributed by atoms with Gasteiger partial charge >= 0.3 is 0 Å². The van der Waals surface area contributed by atoms with Crippen LogP contribution in [0.5, 0.6) is 0 Å². The van der Waals surface area contributed by atoms with Crippen LogP contribution in [0.4, 0.5) is 10.8 Å². The van der Waals surface area contributed by atoms with Crippen LogP contribution in [-0.2, 0) is 11.2 Å². The molecule has 1 fully saturated rings. The Labute approximate surface area is 173 Å². The highest BCUT2D eigenvalue weighted by atomic mass is 32.1. The van der Waals surface area contributed by atoms with E-state index in [0.29, 0.717) is 23.7 Å². The van der Waals surface area contributed by atoms with E-state index in [0.717, 1.165) is 22.7 Å². The second kappa shape index (κ2) is 8.13. The van der Waals surface area contributed by atoms with Gasteiger partial charge in [0.05, 0.1) is 0 Å². The minimum atomic E-state index is -0.215. The molecule has 1 aliphatic heterocycles. The number of aromatic nitrogens is 2. The Hall–Kier alpha value is -3.06. The Morgan fingerprint density at radius 2 is 1.86 bits per heavy atom. The van der Waals surface area contributed by atoms with E-state index in [2.05, 4.69) is 34.6 Å². The van der Waals surface area contributed by atoms with E-state index in [9.17, 15) is 9.59 Å². The predicted molar refractivity (Wildman–Crippen MR) is 115 cm³/mol. The molecule has 0 bridgehead atoms. The molecular weight excluding hydrogens is 384 g/mol. The average molecular weight is 407 g/mol. The SMILES string of the molecule is CCc1ccc(N2CC(c3nnc(NC(=O)c4ccc(C)cc4)s3)CC2=O)cc1. The van der Waals surface area contributed by atoms with E-state index >= 15 is 0 Å². The van der Waals surface area contributed by atoms with Gasteiger partial charge in [0.2, 0.25) is 11.0 Å². The number of nitrogens with one attached hydrogen (secondary N) is 1. The second-order valence-electron chi connectivity index (χ2n) is 7.19. The number of nitrogens with zero attached hydrogens (tertiary/aromatic N) is 3. The van der Waals surface area contributed by atoms with Crippen LogP contribution >= 0.6 is 11.3 Å². The zero-order chi connectivity index (χ0) is 20.4. The Kier molecular flexibility index (Phi) is 5.40. The first-order valence-corrected chi connectivity index (χ1v) is 10.5. The average Bonchev–Trinajstić information content (AvgIpc) is 3.35. The lowest BCUT2D eigenvalue weighted by atomic mass is 10.1. The lowest BCUT2D eigenvalue weighted by Crippen LogP contribution is -2.24. The number of amides is 2. The number of hydrogen-bond acceptors (Lipinski definition) is 5. The number of carbonyl (C=O) groups is 2. The number of rotatable bonds is 5. The van der Waals surface area contributed by atoms with Gasteiger partial charge in [-0.3, -0.25) is 14.9 Å². The smallest absolute Gasteiger partial charge is 0.257 e. The van der Waals surface area contributed by atoms with Gasteiger partial charge in [0.25, 0.3) is 5.91 Å². The molecule has 2 amide bonds. The van der Waals surface area contributed by atoms with Crippen LogP contribution in [0.15, 0.2) is 48.5 Å². The van der Waals surface area contributed by atoms with Crippen molar-refractivity contribution in [3.63, 3.8) is 0 Å². The summed E-state index contributed by atoms with van der Waals surface area (Å²) in [4.78, 5) is 26.7. The zero-order valence-corrected chi connectivity index (χ0v) is 17.2. The molecule has 0 spiro atoms. The predicted octanol–water partition coefficient (Wildman–Crippen LogP) is 4.18. The van der Waals surface area contributed by atoms with Gasteiger partial charge in [-0.1, -0.05) is 48.1 Å². The summed E-state index contributed by atoms with van der Waals surface area (Å²) in [5, 5.41) is 12.3. The highest BCUT2D eigenvalue weighted by Crippen LogP contribution is 2.34. The fraction of sp³-hybridized carbons (Fsp3) is 0.273. The standard InChI is InChI=1S/C22H22N4O2S/c1-3-15-6-10-18(11-7-15)26-13-17(12-19(26)27)21-24-25-22(29-21)23-20(28)16-8-4-14(2)5-9-16/h4-11,17H,3,12-13H2,1-2H3,(H,23,25,28). The monoisotopic (exact) mass is 406 g/mol. The second-order valence-corrected chi connectivity index (χ2v) is 8.20. The third kappa shape index (κ3) is 4.19. The van der Waals surface area contributed by atoms with Crippen molar-refractivity contribution < 1.29 is 9.59 Å². The van der Waals surface area contributed by atoms with Crippen molar-refractivity contribution in [2.45, 2.75) is 32.6 Å². The van der Waals surface area contributed by atoms with Gasteiger partial charge in [-0.05, 0) is 43.2 Å². The molecule has 1 aromatic heterocycles. The van der Waals surface area contributed by atoms with Gasteiger partial charge < -0.3 is 4.90 Å². The van der Waals surface area contributed by atoms with Gasteiger partial charge in [0, 0.05) is 30.1 Å². The molecule has 6 nitrogen and oxygen atoms in total. The summed E-state index contributed by atoms with van der Waals surface area (Å²) in [6.45, 7) is 4.66. The van der Waals surface area contributed by atoms with Gasteiger partial charge in [0.15, 0.2) is 0 Å². The van der Waals surface area contributed by atoms with E-state index in [1.165, 1.54) is 16.9 Å². The van der Waals surface area contributed by atoms with Crippen LogP contribution in [0, 0.1) is 6.92 Å². The number of hydrogen-bond donors (Lipinski definition) is 1. The van der Waals surface area contributed by atoms with Crippen molar-refractivity contribution in [2.75, 3.05) is 16.8 Å². The van der Waals surface area contributed by atoms with Crippen molar-refractivity contribution in [2.24, 2.45) is 0 Å². The van der Waals surface area contributed by atoms with Crippen LogP contribution in [0.2, 0.25) is 0 Å². The highest BCUT2D eigenvalue weighted by molar-refractivity contribution is 7.15. The van der Waals surface area contributed by atoms with E-state index in [4.69, 9.17) is 0 Å². The molecule has 1 aliphatic rings. The highest BCUT2D eigenvalue weighted by Gasteiger charge is 2.34. The van der Waals surface area contributed by atoms with E-state index in [1.807, 2.05) is 31.2 Å². The Morgan fingerprint density at radius 1 is 1.14 bits per heavy atom. The van der Waals surface area contributed by atoms with Gasteiger partial charge in [-0.2, -0.15) is 0 Å². The van der Waals surface area contributed by atoms with Crippen molar-refractivity contribution in [1.29, 1.82) is 0 Å². The number of carbonyl (C=O) groups excluding carboxylic acids is 2. The lowest BCUT2D eigenvalue weighted by Gasteiger charge is -2.16. The largest absolute Gasteiger partial charge is 0.312 e. The fourth-order valence-corrected chi connectivity index (χ4v) is 4.19. The number of anilines is 2. The minimum absolute atomic E-state index is 0.0177. The molecule has 0 radical (unpaired) electrons. The molecule has 4 rings (SSSR count). The molecule has 1 atom stereocenters. The lowest BCUT2D eigenvalue weighted by molar-refractivity contribution is -0.117. The maximum atomic E-state index is 12.5. The van der Waals surface area contributed by atoms with Crippen molar-refractivity contribution in [3.05, 3.63) is 70.2 Å². The van der Waals surface area contributed by atoms with Crippen molar-refractivity contribution in [3.8, 4) is 0 Å².